The Morgan fingerprint density at radius 1 is 1.05 bits per heavy atom. The minimum Gasteiger partial charge on any atom is -0.497 e. The number of hydrogen-bond donors (Lipinski definition) is 0. The molecule has 3 aliphatic rings. The number of methoxy groups -OCH3 is 1. The second-order valence-electron chi connectivity index (χ2n) is 6.94. The molecule has 0 radical (unpaired) electrons. The lowest BCUT2D eigenvalue weighted by Crippen LogP contribution is -2.58. The van der Waals surface area contributed by atoms with Crippen molar-refractivity contribution in [3.05, 3.63) is 65.7 Å². The molecule has 2 heteroatoms. The summed E-state index contributed by atoms with van der Waals surface area (Å²) in [6, 6.07) is 19.6. The van der Waals surface area contributed by atoms with Gasteiger partial charge in [-0.25, -0.2) is 0 Å². The summed E-state index contributed by atoms with van der Waals surface area (Å²) in [4.78, 5) is 2.63. The molecule has 114 valence electrons. The molecule has 0 atom stereocenters. The van der Waals surface area contributed by atoms with Crippen molar-refractivity contribution in [1.29, 1.82) is 0 Å². The predicted octanol–water partition coefficient (Wildman–Crippen LogP) is 3.86. The van der Waals surface area contributed by atoms with Gasteiger partial charge in [-0.3, -0.25) is 4.90 Å². The van der Waals surface area contributed by atoms with Gasteiger partial charge in [0.15, 0.2) is 0 Å². The molecule has 2 aliphatic heterocycles. The van der Waals surface area contributed by atoms with Crippen molar-refractivity contribution >= 4 is 0 Å². The highest BCUT2D eigenvalue weighted by molar-refractivity contribution is 5.32. The van der Waals surface area contributed by atoms with Crippen LogP contribution in [0.4, 0.5) is 0 Å². The lowest BCUT2D eigenvalue weighted by molar-refractivity contribution is -0.00802. The van der Waals surface area contributed by atoms with Crippen LogP contribution < -0.4 is 4.74 Å². The number of ether oxygens (including phenoxy) is 1. The molecule has 22 heavy (non-hydrogen) atoms. The van der Waals surface area contributed by atoms with Crippen molar-refractivity contribution in [3.8, 4) is 5.75 Å². The lowest BCUT2D eigenvalue weighted by Gasteiger charge is -2.57. The van der Waals surface area contributed by atoms with E-state index in [4.69, 9.17) is 4.74 Å². The number of benzene rings is 2. The van der Waals surface area contributed by atoms with Crippen LogP contribution in [0.3, 0.4) is 0 Å². The maximum absolute atomic E-state index is 5.24. The van der Waals surface area contributed by atoms with Crippen LogP contribution in [0.5, 0.6) is 5.75 Å². The zero-order valence-electron chi connectivity index (χ0n) is 13.2. The third kappa shape index (κ3) is 2.42. The summed E-state index contributed by atoms with van der Waals surface area (Å²) in [6.45, 7) is 3.50. The standard InChI is InChI=1S/C20H23NO/c1-22-19-9-7-16(8-10-19)13-21-14-17-11-20(12-17,15-21)18-5-3-2-4-6-18/h2-10,17H,11-15H2,1H3. The molecule has 0 aromatic heterocycles. The summed E-state index contributed by atoms with van der Waals surface area (Å²) in [5.74, 6) is 1.82. The maximum Gasteiger partial charge on any atom is 0.118 e. The molecule has 2 saturated heterocycles. The van der Waals surface area contributed by atoms with Crippen LogP contribution in [-0.4, -0.2) is 25.1 Å². The molecule has 2 aromatic rings. The van der Waals surface area contributed by atoms with E-state index < -0.39 is 0 Å². The molecule has 2 heterocycles. The van der Waals surface area contributed by atoms with Gasteiger partial charge in [-0.2, -0.15) is 0 Å². The second-order valence-corrected chi connectivity index (χ2v) is 6.94. The monoisotopic (exact) mass is 293 g/mol. The number of rotatable bonds is 4. The molecular formula is C20H23NO. The van der Waals surface area contributed by atoms with E-state index in [0.717, 1.165) is 18.2 Å². The Morgan fingerprint density at radius 3 is 2.45 bits per heavy atom. The van der Waals surface area contributed by atoms with Gasteiger partial charge < -0.3 is 4.74 Å². The third-order valence-corrected chi connectivity index (χ3v) is 5.35. The Hall–Kier alpha value is -1.80. The zero-order valence-corrected chi connectivity index (χ0v) is 13.2. The van der Waals surface area contributed by atoms with Crippen molar-refractivity contribution in [2.75, 3.05) is 20.2 Å². The van der Waals surface area contributed by atoms with E-state index in [-0.39, 0.29) is 0 Å². The first-order valence-corrected chi connectivity index (χ1v) is 8.18. The first-order chi connectivity index (χ1) is 10.8. The van der Waals surface area contributed by atoms with E-state index >= 15 is 0 Å². The van der Waals surface area contributed by atoms with Gasteiger partial charge in [0.1, 0.15) is 5.75 Å². The fourth-order valence-corrected chi connectivity index (χ4v) is 4.39. The van der Waals surface area contributed by atoms with Crippen LogP contribution in [-0.2, 0) is 12.0 Å². The second kappa shape index (κ2) is 5.44. The van der Waals surface area contributed by atoms with Gasteiger partial charge in [0, 0.05) is 25.0 Å². The highest BCUT2D eigenvalue weighted by Crippen LogP contribution is 2.52. The van der Waals surface area contributed by atoms with Crippen LogP contribution in [0.25, 0.3) is 0 Å². The Labute approximate surface area is 132 Å². The minimum absolute atomic E-state index is 0.413. The van der Waals surface area contributed by atoms with Crippen molar-refractivity contribution < 1.29 is 4.74 Å². The molecule has 2 aromatic carbocycles. The van der Waals surface area contributed by atoms with Gasteiger partial charge in [-0.05, 0) is 42.0 Å². The third-order valence-electron chi connectivity index (χ3n) is 5.35. The van der Waals surface area contributed by atoms with Crippen LogP contribution >= 0.6 is 0 Å². The van der Waals surface area contributed by atoms with Gasteiger partial charge in [0.25, 0.3) is 0 Å². The van der Waals surface area contributed by atoms with Gasteiger partial charge in [-0.15, -0.1) is 0 Å². The first kappa shape index (κ1) is 13.8. The smallest absolute Gasteiger partial charge is 0.118 e. The topological polar surface area (TPSA) is 12.5 Å². The van der Waals surface area contributed by atoms with E-state index in [9.17, 15) is 0 Å². The van der Waals surface area contributed by atoms with E-state index in [2.05, 4.69) is 59.5 Å². The summed E-state index contributed by atoms with van der Waals surface area (Å²) in [5.41, 5.74) is 3.33. The van der Waals surface area contributed by atoms with Gasteiger partial charge in [0.2, 0.25) is 0 Å². The van der Waals surface area contributed by atoms with E-state index in [1.165, 1.54) is 37.1 Å². The van der Waals surface area contributed by atoms with Crippen molar-refractivity contribution in [2.45, 2.75) is 24.8 Å². The highest BCUT2D eigenvalue weighted by atomic mass is 16.5. The molecule has 1 saturated carbocycles. The SMILES string of the molecule is COc1ccc(CN2CC3CC(c4ccccc4)(C3)C2)cc1. The highest BCUT2D eigenvalue weighted by Gasteiger charge is 2.50. The van der Waals surface area contributed by atoms with E-state index in [1.54, 1.807) is 7.11 Å². The fourth-order valence-electron chi connectivity index (χ4n) is 4.39. The van der Waals surface area contributed by atoms with Crippen molar-refractivity contribution in [1.82, 2.24) is 4.90 Å². The van der Waals surface area contributed by atoms with Gasteiger partial charge >= 0.3 is 0 Å². The summed E-state index contributed by atoms with van der Waals surface area (Å²) in [7, 11) is 1.72. The van der Waals surface area contributed by atoms with Crippen molar-refractivity contribution in [2.24, 2.45) is 5.92 Å². The van der Waals surface area contributed by atoms with Crippen LogP contribution in [0.1, 0.15) is 24.0 Å². The number of hydrogen-bond acceptors (Lipinski definition) is 2. The predicted molar refractivity (Wildman–Crippen MR) is 89.1 cm³/mol. The molecule has 3 fully saturated rings. The number of piperidine rings is 2. The molecule has 0 spiro atoms. The molecule has 5 rings (SSSR count). The molecule has 1 aliphatic carbocycles. The van der Waals surface area contributed by atoms with Gasteiger partial charge in [-0.1, -0.05) is 42.5 Å². The van der Waals surface area contributed by atoms with E-state index in [1.807, 2.05) is 0 Å². The Balaban J connectivity index is 1.48. The van der Waals surface area contributed by atoms with Crippen LogP contribution in [0, 0.1) is 5.92 Å². The number of fused-ring (bicyclic) bond motifs is 2. The number of nitrogens with zero attached hydrogens (tertiary/aromatic N) is 1. The van der Waals surface area contributed by atoms with Crippen molar-refractivity contribution in [3.63, 3.8) is 0 Å². The summed E-state index contributed by atoms with van der Waals surface area (Å²) in [5, 5.41) is 0. The lowest BCUT2D eigenvalue weighted by atomic mass is 9.56. The summed E-state index contributed by atoms with van der Waals surface area (Å²) in [6.07, 6.45) is 2.74. The van der Waals surface area contributed by atoms with Crippen LogP contribution in [0.15, 0.2) is 54.6 Å². The Kier molecular flexibility index (Phi) is 3.42. The van der Waals surface area contributed by atoms with E-state index in [0.29, 0.717) is 5.41 Å². The fraction of sp³-hybridized carbons (Fsp3) is 0.400. The Bertz CT molecular complexity index is 629. The molecule has 0 unspecified atom stereocenters. The average molecular weight is 293 g/mol. The summed E-state index contributed by atoms with van der Waals surface area (Å²) >= 11 is 0. The normalized spacial score (nSPS) is 27.2. The summed E-state index contributed by atoms with van der Waals surface area (Å²) < 4.78 is 5.24. The molecule has 0 N–H and O–H groups in total. The molecule has 2 nitrogen and oxygen atoms in total. The first-order valence-electron chi connectivity index (χ1n) is 8.18. The van der Waals surface area contributed by atoms with Gasteiger partial charge in [0.05, 0.1) is 7.11 Å². The Morgan fingerprint density at radius 2 is 1.77 bits per heavy atom. The average Bonchev–Trinajstić information content (AvgIpc) is 2.55. The molecule has 0 amide bonds. The molecular weight excluding hydrogens is 270 g/mol. The largest absolute Gasteiger partial charge is 0.497 e. The maximum atomic E-state index is 5.24. The zero-order chi connectivity index (χ0) is 15.0. The quantitative estimate of drug-likeness (QED) is 0.849. The van der Waals surface area contributed by atoms with Crippen LogP contribution in [0.2, 0.25) is 0 Å². The molecule has 2 bridgehead atoms. The minimum atomic E-state index is 0.413.